The van der Waals surface area contributed by atoms with Crippen molar-refractivity contribution < 1.29 is 21.6 Å². The van der Waals surface area contributed by atoms with Gasteiger partial charge in [-0.05, 0) is 49.2 Å². The van der Waals surface area contributed by atoms with Crippen LogP contribution in [0.15, 0.2) is 47.4 Å². The summed E-state index contributed by atoms with van der Waals surface area (Å²) in [5.41, 5.74) is 0.412. The molecular weight excluding hydrogens is 485 g/mol. The van der Waals surface area contributed by atoms with Crippen LogP contribution >= 0.6 is 23.2 Å². The molecule has 1 aliphatic rings. The summed E-state index contributed by atoms with van der Waals surface area (Å²) in [6.45, 7) is 0.454. The summed E-state index contributed by atoms with van der Waals surface area (Å²) in [5, 5.41) is 2.74. The Morgan fingerprint density at radius 1 is 1.03 bits per heavy atom. The van der Waals surface area contributed by atoms with Crippen molar-refractivity contribution in [2.24, 2.45) is 0 Å². The molecule has 1 heterocycles. The summed E-state index contributed by atoms with van der Waals surface area (Å²) in [7, 11) is -7.40. The number of carbonyl (C=O) groups is 1. The molecule has 0 atom stereocenters. The number of benzene rings is 2. The van der Waals surface area contributed by atoms with Crippen LogP contribution in [-0.2, 0) is 24.8 Å². The average molecular weight is 506 g/mol. The molecule has 0 aliphatic carbocycles. The highest BCUT2D eigenvalue weighted by Gasteiger charge is 2.27. The maximum atomic E-state index is 12.6. The molecule has 0 radical (unpaired) electrons. The summed E-state index contributed by atoms with van der Waals surface area (Å²) in [6.07, 6.45) is 2.62. The van der Waals surface area contributed by atoms with Gasteiger partial charge in [0.2, 0.25) is 26.0 Å². The second-order valence-corrected chi connectivity index (χ2v) is 11.7. The van der Waals surface area contributed by atoms with E-state index in [1.165, 1.54) is 46.8 Å². The molecule has 1 aliphatic heterocycles. The Morgan fingerprint density at radius 2 is 1.65 bits per heavy atom. The maximum Gasteiger partial charge on any atom is 0.245 e. The summed E-state index contributed by atoms with van der Waals surface area (Å²) in [5.74, 6) is -0.628. The van der Waals surface area contributed by atoms with E-state index in [1.54, 1.807) is 0 Å². The molecule has 31 heavy (non-hydrogen) atoms. The average Bonchev–Trinajstić information content (AvgIpc) is 3.24. The second kappa shape index (κ2) is 9.33. The van der Waals surface area contributed by atoms with Crippen LogP contribution in [0.4, 0.5) is 11.4 Å². The first kappa shape index (κ1) is 23.8. The van der Waals surface area contributed by atoms with Crippen LogP contribution in [0.5, 0.6) is 0 Å². The smallest absolute Gasteiger partial charge is 0.245 e. The predicted octanol–water partition coefficient (Wildman–Crippen LogP) is 3.18. The molecule has 3 rings (SSSR count). The Morgan fingerprint density at radius 3 is 2.23 bits per heavy atom. The number of hydrogen-bond acceptors (Lipinski definition) is 5. The van der Waals surface area contributed by atoms with Gasteiger partial charge in [-0.15, -0.1) is 0 Å². The summed E-state index contributed by atoms with van der Waals surface area (Å²) >= 11 is 12.1. The van der Waals surface area contributed by atoms with Gasteiger partial charge in [0.25, 0.3) is 0 Å². The number of nitrogens with one attached hydrogen (secondary N) is 1. The minimum absolute atomic E-state index is 0.0128. The van der Waals surface area contributed by atoms with Gasteiger partial charge in [0.15, 0.2) is 0 Å². The Balaban J connectivity index is 1.75. The number of halogens is 2. The van der Waals surface area contributed by atoms with Crippen molar-refractivity contribution in [2.75, 3.05) is 35.5 Å². The number of nitrogens with zero attached hydrogens (tertiary/aromatic N) is 2. The van der Waals surface area contributed by atoms with E-state index in [-0.39, 0.29) is 20.6 Å². The molecule has 0 bridgehead atoms. The molecule has 1 saturated heterocycles. The second-order valence-electron chi connectivity index (χ2n) is 7.03. The Labute approximate surface area is 191 Å². The monoisotopic (exact) mass is 505 g/mol. The molecule has 1 fully saturated rings. The van der Waals surface area contributed by atoms with Crippen molar-refractivity contribution in [2.45, 2.75) is 17.7 Å². The van der Waals surface area contributed by atoms with Crippen LogP contribution in [0.2, 0.25) is 10.0 Å². The largest absolute Gasteiger partial charge is 0.325 e. The third kappa shape index (κ3) is 5.50. The van der Waals surface area contributed by atoms with E-state index < -0.39 is 32.5 Å². The van der Waals surface area contributed by atoms with Crippen molar-refractivity contribution in [3.8, 4) is 0 Å². The molecule has 0 aromatic heterocycles. The van der Waals surface area contributed by atoms with Gasteiger partial charge in [-0.3, -0.25) is 9.10 Å². The third-order valence-corrected chi connectivity index (χ3v) is 8.58. The number of amides is 1. The summed E-state index contributed by atoms with van der Waals surface area (Å²) in [6, 6.07) is 10.2. The van der Waals surface area contributed by atoms with Crippen molar-refractivity contribution in [3.05, 3.63) is 52.5 Å². The maximum absolute atomic E-state index is 12.6. The number of anilines is 2. The highest BCUT2D eigenvalue weighted by molar-refractivity contribution is 7.92. The first-order chi connectivity index (χ1) is 14.5. The van der Waals surface area contributed by atoms with Gasteiger partial charge in [0.1, 0.15) is 6.54 Å². The van der Waals surface area contributed by atoms with Gasteiger partial charge < -0.3 is 5.32 Å². The number of rotatable bonds is 7. The quantitative estimate of drug-likeness (QED) is 0.622. The molecule has 0 saturated carbocycles. The lowest BCUT2D eigenvalue weighted by atomic mass is 10.3. The van der Waals surface area contributed by atoms with Crippen molar-refractivity contribution in [1.82, 2.24) is 4.31 Å². The lowest BCUT2D eigenvalue weighted by molar-refractivity contribution is -0.114. The fourth-order valence-electron chi connectivity index (χ4n) is 3.18. The van der Waals surface area contributed by atoms with E-state index in [4.69, 9.17) is 23.2 Å². The SMILES string of the molecule is CS(=O)(=O)N(CC(=O)Nc1ccc(S(=O)(=O)N2CCCC2)cc1)c1cccc(Cl)c1Cl. The van der Waals surface area contributed by atoms with Crippen molar-refractivity contribution in [3.63, 3.8) is 0 Å². The molecule has 1 N–H and O–H groups in total. The highest BCUT2D eigenvalue weighted by atomic mass is 35.5. The normalized spacial score (nSPS) is 15.1. The molecule has 12 heteroatoms. The van der Waals surface area contributed by atoms with Gasteiger partial charge in [-0.1, -0.05) is 29.3 Å². The number of carbonyl (C=O) groups excluding carboxylic acids is 1. The summed E-state index contributed by atoms with van der Waals surface area (Å²) < 4.78 is 51.9. The molecule has 168 valence electrons. The van der Waals surface area contributed by atoms with Gasteiger partial charge in [0, 0.05) is 18.8 Å². The molecule has 1 amide bonds. The fourth-order valence-corrected chi connectivity index (χ4v) is 6.01. The van der Waals surface area contributed by atoms with Gasteiger partial charge >= 0.3 is 0 Å². The van der Waals surface area contributed by atoms with Crippen LogP contribution < -0.4 is 9.62 Å². The van der Waals surface area contributed by atoms with E-state index in [9.17, 15) is 21.6 Å². The fraction of sp³-hybridized carbons (Fsp3) is 0.316. The minimum atomic E-state index is -3.84. The molecule has 2 aromatic carbocycles. The zero-order chi connectivity index (χ0) is 22.8. The van der Waals surface area contributed by atoms with Crippen LogP contribution in [0.3, 0.4) is 0 Å². The van der Waals surface area contributed by atoms with Gasteiger partial charge in [-0.25, -0.2) is 16.8 Å². The Hall–Kier alpha value is -1.85. The predicted molar refractivity (Wildman–Crippen MR) is 122 cm³/mol. The zero-order valence-electron chi connectivity index (χ0n) is 16.6. The third-order valence-electron chi connectivity index (χ3n) is 4.73. The van der Waals surface area contributed by atoms with E-state index in [0.29, 0.717) is 18.8 Å². The van der Waals surface area contributed by atoms with Crippen LogP contribution in [0.25, 0.3) is 0 Å². The van der Waals surface area contributed by atoms with E-state index in [2.05, 4.69) is 5.32 Å². The first-order valence-electron chi connectivity index (χ1n) is 9.32. The van der Waals surface area contributed by atoms with Gasteiger partial charge in [0.05, 0.1) is 26.9 Å². The number of sulfonamides is 2. The highest BCUT2D eigenvalue weighted by Crippen LogP contribution is 2.33. The van der Waals surface area contributed by atoms with E-state index in [0.717, 1.165) is 23.4 Å². The lowest BCUT2D eigenvalue weighted by Crippen LogP contribution is -2.37. The van der Waals surface area contributed by atoms with Crippen LogP contribution in [-0.4, -0.2) is 52.9 Å². The molecule has 8 nitrogen and oxygen atoms in total. The van der Waals surface area contributed by atoms with Crippen LogP contribution in [0, 0.1) is 0 Å². The van der Waals surface area contributed by atoms with Gasteiger partial charge in [-0.2, -0.15) is 4.31 Å². The van der Waals surface area contributed by atoms with Crippen molar-refractivity contribution >= 4 is 60.5 Å². The standard InChI is InChI=1S/C19H21Cl2N3O5S2/c1-30(26,27)24(17-6-4-5-16(20)19(17)21)13-18(25)22-14-7-9-15(10-8-14)31(28,29)23-11-2-3-12-23/h4-10H,2-3,11-13H2,1H3,(H,22,25). The summed E-state index contributed by atoms with van der Waals surface area (Å²) in [4.78, 5) is 12.6. The first-order valence-corrected chi connectivity index (χ1v) is 13.4. The van der Waals surface area contributed by atoms with Crippen LogP contribution in [0.1, 0.15) is 12.8 Å². The molecule has 2 aromatic rings. The topological polar surface area (TPSA) is 104 Å². The lowest BCUT2D eigenvalue weighted by Gasteiger charge is -2.23. The minimum Gasteiger partial charge on any atom is -0.325 e. The molecule has 0 unspecified atom stereocenters. The number of hydrogen-bond donors (Lipinski definition) is 1. The Kier molecular flexibility index (Phi) is 7.17. The van der Waals surface area contributed by atoms with E-state index in [1.807, 2.05) is 0 Å². The zero-order valence-corrected chi connectivity index (χ0v) is 19.7. The Bertz CT molecular complexity index is 1180. The van der Waals surface area contributed by atoms with Crippen molar-refractivity contribution in [1.29, 1.82) is 0 Å². The molecular formula is C19H21Cl2N3O5S2. The molecule has 0 spiro atoms. The van der Waals surface area contributed by atoms with E-state index >= 15 is 0 Å².